The molecule has 1 saturated heterocycles. The second-order valence-corrected chi connectivity index (χ2v) is 7.94. The van der Waals surface area contributed by atoms with Crippen LogP contribution in [0.1, 0.15) is 42.5 Å². The number of carbonyl (C=O) groups is 1. The van der Waals surface area contributed by atoms with Gasteiger partial charge in [0, 0.05) is 38.4 Å². The number of nitrogens with zero attached hydrogens (tertiary/aromatic N) is 5. The third kappa shape index (κ3) is 3.95. The van der Waals surface area contributed by atoms with Gasteiger partial charge in [0.1, 0.15) is 11.3 Å². The van der Waals surface area contributed by atoms with E-state index in [-0.39, 0.29) is 11.8 Å². The molecule has 0 bridgehead atoms. The lowest BCUT2D eigenvalue weighted by molar-refractivity contribution is -0.139. The van der Waals surface area contributed by atoms with Gasteiger partial charge in [-0.1, -0.05) is 6.07 Å². The summed E-state index contributed by atoms with van der Waals surface area (Å²) < 4.78 is 7.74. The van der Waals surface area contributed by atoms with Crippen LogP contribution in [0.15, 0.2) is 30.6 Å². The Morgan fingerprint density at radius 2 is 1.90 bits per heavy atom. The van der Waals surface area contributed by atoms with Crippen molar-refractivity contribution in [3.8, 4) is 5.75 Å². The van der Waals surface area contributed by atoms with Gasteiger partial charge in [0.25, 0.3) is 5.91 Å². The third-order valence-corrected chi connectivity index (χ3v) is 5.46. The number of carbonyl (C=O) groups excluding carboxylic acids is 1. The number of aromatic nitrogens is 4. The first-order valence-electron chi connectivity index (χ1n) is 10.1. The molecule has 7 nitrogen and oxygen atoms in total. The highest BCUT2D eigenvalue weighted by atomic mass is 16.5. The number of fused-ring (bicyclic) bond motifs is 1. The fourth-order valence-corrected chi connectivity index (χ4v) is 4.19. The van der Waals surface area contributed by atoms with Gasteiger partial charge in [-0.2, -0.15) is 5.10 Å². The average Bonchev–Trinajstić information content (AvgIpc) is 3.04. The summed E-state index contributed by atoms with van der Waals surface area (Å²) in [6, 6.07) is 6.03. The Kier molecular flexibility index (Phi) is 5.22. The highest BCUT2D eigenvalue weighted by Gasteiger charge is 2.31. The Balaban J connectivity index is 1.49. The first kappa shape index (κ1) is 19.4. The number of benzene rings is 1. The van der Waals surface area contributed by atoms with E-state index in [1.807, 2.05) is 44.9 Å². The summed E-state index contributed by atoms with van der Waals surface area (Å²) in [4.78, 5) is 23.8. The van der Waals surface area contributed by atoms with Gasteiger partial charge in [0.2, 0.25) is 0 Å². The van der Waals surface area contributed by atoms with Crippen molar-refractivity contribution in [1.29, 1.82) is 0 Å². The van der Waals surface area contributed by atoms with Crippen LogP contribution in [0.2, 0.25) is 0 Å². The highest BCUT2D eigenvalue weighted by Crippen LogP contribution is 2.30. The summed E-state index contributed by atoms with van der Waals surface area (Å²) in [5, 5.41) is 4.66. The zero-order chi connectivity index (χ0) is 20.5. The maximum atomic E-state index is 13.1. The van der Waals surface area contributed by atoms with Crippen molar-refractivity contribution >= 4 is 17.1 Å². The van der Waals surface area contributed by atoms with E-state index in [9.17, 15) is 4.79 Å². The molecule has 1 aliphatic rings. The lowest BCUT2D eigenvalue weighted by Gasteiger charge is -2.33. The molecular formula is C22H27N5O2. The molecule has 0 aliphatic carbocycles. The molecule has 1 aliphatic heterocycles. The van der Waals surface area contributed by atoms with E-state index in [0.717, 1.165) is 53.1 Å². The quantitative estimate of drug-likeness (QED) is 0.681. The van der Waals surface area contributed by atoms with Gasteiger partial charge < -0.3 is 9.64 Å². The molecular weight excluding hydrogens is 366 g/mol. The largest absolute Gasteiger partial charge is 0.481 e. The predicted octanol–water partition coefficient (Wildman–Crippen LogP) is 3.15. The van der Waals surface area contributed by atoms with Crippen LogP contribution < -0.4 is 4.74 Å². The van der Waals surface area contributed by atoms with Gasteiger partial charge in [0.15, 0.2) is 11.8 Å². The molecule has 0 radical (unpaired) electrons. The van der Waals surface area contributed by atoms with Gasteiger partial charge in [0.05, 0.1) is 5.69 Å². The minimum Gasteiger partial charge on any atom is -0.481 e. The van der Waals surface area contributed by atoms with Crippen molar-refractivity contribution in [3.63, 3.8) is 0 Å². The van der Waals surface area contributed by atoms with E-state index in [1.54, 1.807) is 17.1 Å². The van der Waals surface area contributed by atoms with Gasteiger partial charge in [-0.3, -0.25) is 4.79 Å². The second kappa shape index (κ2) is 7.81. The Labute approximate surface area is 170 Å². The number of aryl methyl sites for hydroxylation is 3. The van der Waals surface area contributed by atoms with E-state index in [2.05, 4.69) is 21.1 Å². The number of rotatable bonds is 4. The second-order valence-electron chi connectivity index (χ2n) is 7.94. The van der Waals surface area contributed by atoms with Crippen molar-refractivity contribution < 1.29 is 9.53 Å². The van der Waals surface area contributed by atoms with Crippen molar-refractivity contribution in [2.75, 3.05) is 13.1 Å². The van der Waals surface area contributed by atoms with Crippen LogP contribution in [0, 0.1) is 13.8 Å². The average molecular weight is 393 g/mol. The Bertz CT molecular complexity index is 1020. The topological polar surface area (TPSA) is 73.1 Å². The summed E-state index contributed by atoms with van der Waals surface area (Å²) in [6.45, 7) is 7.25. The van der Waals surface area contributed by atoms with Crippen molar-refractivity contribution in [2.24, 2.45) is 7.05 Å². The van der Waals surface area contributed by atoms with Crippen molar-refractivity contribution in [2.45, 2.75) is 45.6 Å². The fourth-order valence-electron chi connectivity index (χ4n) is 4.19. The minimum atomic E-state index is -0.532. The van der Waals surface area contributed by atoms with Crippen LogP contribution in [0.5, 0.6) is 5.75 Å². The number of piperidine rings is 1. The highest BCUT2D eigenvalue weighted by molar-refractivity contribution is 5.81. The van der Waals surface area contributed by atoms with E-state index >= 15 is 0 Å². The summed E-state index contributed by atoms with van der Waals surface area (Å²) in [5.41, 5.74) is 4.78. The van der Waals surface area contributed by atoms with Crippen LogP contribution in [0.25, 0.3) is 11.2 Å². The van der Waals surface area contributed by atoms with E-state index < -0.39 is 6.10 Å². The number of hydrogen-bond acceptors (Lipinski definition) is 5. The summed E-state index contributed by atoms with van der Waals surface area (Å²) in [5.74, 6) is 0.907. The first-order chi connectivity index (χ1) is 13.9. The molecule has 29 heavy (non-hydrogen) atoms. The van der Waals surface area contributed by atoms with Gasteiger partial charge in [-0.15, -0.1) is 0 Å². The SMILES string of the molecule is Cc1cc(C)cc(O[C@H](C)C(=O)N2CCC[C@@H](c3nn(C)c4nccnc34)C2)c1. The smallest absolute Gasteiger partial charge is 0.263 e. The summed E-state index contributed by atoms with van der Waals surface area (Å²) in [7, 11) is 1.88. The van der Waals surface area contributed by atoms with Gasteiger partial charge in [-0.25, -0.2) is 14.6 Å². The molecule has 0 saturated carbocycles. The van der Waals surface area contributed by atoms with E-state index in [4.69, 9.17) is 4.74 Å². The first-order valence-corrected chi connectivity index (χ1v) is 10.1. The maximum absolute atomic E-state index is 13.1. The van der Waals surface area contributed by atoms with Crippen molar-refractivity contribution in [1.82, 2.24) is 24.6 Å². The number of ether oxygens (including phenoxy) is 1. The molecule has 0 unspecified atom stereocenters. The minimum absolute atomic E-state index is 0.0141. The predicted molar refractivity (Wildman–Crippen MR) is 111 cm³/mol. The Morgan fingerprint density at radius 1 is 1.17 bits per heavy atom. The number of amides is 1. The third-order valence-electron chi connectivity index (χ3n) is 5.46. The monoisotopic (exact) mass is 393 g/mol. The molecule has 2 atom stereocenters. The van der Waals surface area contributed by atoms with Crippen LogP contribution >= 0.6 is 0 Å². The fraction of sp³-hybridized carbons (Fsp3) is 0.455. The normalized spacial score (nSPS) is 18.1. The number of likely N-dealkylation sites (tertiary alicyclic amines) is 1. The standard InChI is InChI=1S/C22H27N5O2/c1-14-10-15(2)12-18(11-14)29-16(3)22(28)27-9-5-6-17(13-27)19-20-21(26(4)25-19)24-8-7-23-20/h7-8,10-12,16-17H,5-6,9,13H2,1-4H3/t16-,17-/m1/s1. The van der Waals surface area contributed by atoms with Gasteiger partial charge >= 0.3 is 0 Å². The van der Waals surface area contributed by atoms with Crippen LogP contribution in [0.4, 0.5) is 0 Å². The maximum Gasteiger partial charge on any atom is 0.263 e. The van der Waals surface area contributed by atoms with Crippen molar-refractivity contribution in [3.05, 3.63) is 47.4 Å². The summed E-state index contributed by atoms with van der Waals surface area (Å²) >= 11 is 0. The number of hydrogen-bond donors (Lipinski definition) is 0. The lowest BCUT2D eigenvalue weighted by Crippen LogP contribution is -2.45. The Morgan fingerprint density at radius 3 is 2.66 bits per heavy atom. The molecule has 2 aromatic heterocycles. The molecule has 1 aromatic carbocycles. The molecule has 0 N–H and O–H groups in total. The Hall–Kier alpha value is -2.96. The molecule has 3 aromatic rings. The molecule has 0 spiro atoms. The summed E-state index contributed by atoms with van der Waals surface area (Å²) in [6.07, 6.45) is 4.76. The molecule has 1 amide bonds. The molecule has 7 heteroatoms. The molecule has 152 valence electrons. The molecule has 1 fully saturated rings. The molecule has 3 heterocycles. The van der Waals surface area contributed by atoms with Crippen LogP contribution in [0.3, 0.4) is 0 Å². The lowest BCUT2D eigenvalue weighted by atomic mass is 9.94. The molecule has 4 rings (SSSR count). The van der Waals surface area contributed by atoms with E-state index in [1.165, 1.54) is 0 Å². The van der Waals surface area contributed by atoms with Crippen LogP contribution in [-0.2, 0) is 11.8 Å². The zero-order valence-corrected chi connectivity index (χ0v) is 17.4. The van der Waals surface area contributed by atoms with Crippen LogP contribution in [-0.4, -0.2) is 49.7 Å². The zero-order valence-electron chi connectivity index (χ0n) is 17.4. The van der Waals surface area contributed by atoms with Gasteiger partial charge in [-0.05, 0) is 56.9 Å². The van der Waals surface area contributed by atoms with E-state index in [0.29, 0.717) is 6.54 Å².